The summed E-state index contributed by atoms with van der Waals surface area (Å²) in [4.78, 5) is 27.2. The molecule has 1 heterocycles. The Morgan fingerprint density at radius 2 is 1.55 bits per heavy atom. The third-order valence-corrected chi connectivity index (χ3v) is 5.65. The monoisotopic (exact) mass is 414 g/mol. The van der Waals surface area contributed by atoms with Crippen molar-refractivity contribution in [3.63, 3.8) is 0 Å². The Labute approximate surface area is 182 Å². The van der Waals surface area contributed by atoms with E-state index in [0.29, 0.717) is 18.0 Å². The largest absolute Gasteiger partial charge is 0.457 e. The quantitative estimate of drug-likeness (QED) is 0.608. The van der Waals surface area contributed by atoms with Gasteiger partial charge in [0.2, 0.25) is 11.8 Å². The van der Waals surface area contributed by atoms with Crippen LogP contribution in [0.25, 0.3) is 0 Å². The zero-order chi connectivity index (χ0) is 22.0. The Balaban J connectivity index is 1.41. The van der Waals surface area contributed by atoms with Gasteiger partial charge in [-0.1, -0.05) is 36.4 Å². The molecule has 31 heavy (non-hydrogen) atoms. The highest BCUT2D eigenvalue weighted by atomic mass is 16.5. The fraction of sp³-hybridized carbons (Fsp3) is 0.231. The van der Waals surface area contributed by atoms with Crippen molar-refractivity contribution in [2.75, 3.05) is 16.8 Å². The van der Waals surface area contributed by atoms with E-state index in [1.54, 1.807) is 4.90 Å². The molecule has 1 N–H and O–H groups in total. The van der Waals surface area contributed by atoms with Crippen LogP contribution in [0.15, 0.2) is 66.7 Å². The van der Waals surface area contributed by atoms with Crippen LogP contribution in [-0.4, -0.2) is 18.4 Å². The lowest BCUT2D eigenvalue weighted by molar-refractivity contribution is -0.122. The molecule has 0 unspecified atom stereocenters. The van der Waals surface area contributed by atoms with Crippen molar-refractivity contribution in [3.8, 4) is 11.5 Å². The summed E-state index contributed by atoms with van der Waals surface area (Å²) in [6.07, 6.45) is 0.216. The average Bonchev–Trinajstić information content (AvgIpc) is 3.12. The number of anilines is 2. The van der Waals surface area contributed by atoms with Crippen LogP contribution in [0.3, 0.4) is 0 Å². The molecule has 3 aromatic rings. The minimum absolute atomic E-state index is 0.0143. The summed E-state index contributed by atoms with van der Waals surface area (Å²) in [5.74, 6) is 0.962. The summed E-state index contributed by atoms with van der Waals surface area (Å²) in [5.41, 5.74) is 4.73. The molecule has 0 radical (unpaired) electrons. The first-order chi connectivity index (χ1) is 14.9. The lowest BCUT2D eigenvalue weighted by Gasteiger charge is -2.21. The lowest BCUT2D eigenvalue weighted by atomic mass is 10.1. The molecule has 4 rings (SSSR count). The van der Waals surface area contributed by atoms with Crippen LogP contribution in [0.4, 0.5) is 11.4 Å². The number of nitrogens with one attached hydrogen (secondary N) is 1. The predicted octanol–water partition coefficient (Wildman–Crippen LogP) is 5.40. The van der Waals surface area contributed by atoms with E-state index >= 15 is 0 Å². The maximum atomic E-state index is 12.8. The van der Waals surface area contributed by atoms with Crippen molar-refractivity contribution in [2.24, 2.45) is 5.92 Å². The molecule has 0 aromatic heterocycles. The van der Waals surface area contributed by atoms with Crippen molar-refractivity contribution in [1.29, 1.82) is 0 Å². The molecule has 5 nitrogen and oxygen atoms in total. The highest BCUT2D eigenvalue weighted by Gasteiger charge is 2.36. The van der Waals surface area contributed by atoms with Crippen molar-refractivity contribution in [2.45, 2.75) is 27.2 Å². The van der Waals surface area contributed by atoms with Gasteiger partial charge in [0.25, 0.3) is 0 Å². The molecule has 1 saturated heterocycles. The Morgan fingerprint density at radius 3 is 2.23 bits per heavy atom. The number of carbonyl (C=O) groups is 2. The number of carbonyl (C=O) groups excluding carboxylic acids is 2. The standard InChI is InChI=1S/C26H26N2O3/c1-17-7-4-5-10-23(17)31-22-13-11-21(12-14-22)27-26(30)20-15-24(29)28(16-20)25-18(2)8-6-9-19(25)3/h4-14,20H,15-16H2,1-3H3,(H,27,30)/t20-/m0/s1. The Kier molecular flexibility index (Phi) is 5.76. The molecule has 0 aliphatic carbocycles. The van der Waals surface area contributed by atoms with Gasteiger partial charge in [0.15, 0.2) is 0 Å². The molecular formula is C26H26N2O3. The second-order valence-corrected chi connectivity index (χ2v) is 8.03. The molecule has 1 fully saturated rings. The number of para-hydroxylation sites is 2. The van der Waals surface area contributed by atoms with Crippen LogP contribution in [0.1, 0.15) is 23.1 Å². The number of nitrogens with zero attached hydrogens (tertiary/aromatic N) is 1. The van der Waals surface area contributed by atoms with E-state index in [0.717, 1.165) is 28.1 Å². The van der Waals surface area contributed by atoms with Crippen molar-refractivity contribution >= 4 is 23.2 Å². The number of hydrogen-bond acceptors (Lipinski definition) is 3. The van der Waals surface area contributed by atoms with Crippen molar-refractivity contribution in [3.05, 3.63) is 83.4 Å². The van der Waals surface area contributed by atoms with E-state index in [1.165, 1.54) is 0 Å². The molecule has 5 heteroatoms. The third kappa shape index (κ3) is 4.45. The first-order valence-corrected chi connectivity index (χ1v) is 10.4. The molecule has 0 bridgehead atoms. The van der Waals surface area contributed by atoms with Crippen LogP contribution in [-0.2, 0) is 9.59 Å². The number of amides is 2. The van der Waals surface area contributed by atoms with E-state index < -0.39 is 0 Å². The van der Waals surface area contributed by atoms with Gasteiger partial charge in [0, 0.05) is 24.3 Å². The highest BCUT2D eigenvalue weighted by Crippen LogP contribution is 2.31. The van der Waals surface area contributed by atoms with E-state index in [-0.39, 0.29) is 24.2 Å². The smallest absolute Gasteiger partial charge is 0.229 e. The van der Waals surface area contributed by atoms with Gasteiger partial charge in [-0.3, -0.25) is 9.59 Å². The fourth-order valence-corrected chi connectivity index (χ4v) is 3.98. The maximum absolute atomic E-state index is 12.8. The second kappa shape index (κ2) is 8.64. The molecule has 1 aliphatic heterocycles. The van der Waals surface area contributed by atoms with Crippen LogP contribution >= 0.6 is 0 Å². The van der Waals surface area contributed by atoms with Crippen LogP contribution in [0, 0.1) is 26.7 Å². The normalized spacial score (nSPS) is 15.8. The summed E-state index contributed by atoms with van der Waals surface area (Å²) in [6.45, 7) is 6.37. The lowest BCUT2D eigenvalue weighted by Crippen LogP contribution is -2.29. The van der Waals surface area contributed by atoms with Crippen LogP contribution in [0.2, 0.25) is 0 Å². The number of hydrogen-bond donors (Lipinski definition) is 1. The van der Waals surface area contributed by atoms with Gasteiger partial charge in [-0.25, -0.2) is 0 Å². The molecule has 1 atom stereocenters. The SMILES string of the molecule is Cc1ccccc1Oc1ccc(NC(=O)[C@H]2CC(=O)N(c3c(C)cccc3C)C2)cc1. The first-order valence-electron chi connectivity index (χ1n) is 10.4. The van der Waals surface area contributed by atoms with E-state index in [9.17, 15) is 9.59 Å². The van der Waals surface area contributed by atoms with Gasteiger partial charge < -0.3 is 15.0 Å². The Hall–Kier alpha value is -3.60. The van der Waals surface area contributed by atoms with Crippen LogP contribution < -0.4 is 15.0 Å². The zero-order valence-electron chi connectivity index (χ0n) is 18.0. The number of benzene rings is 3. The van der Waals surface area contributed by atoms with Crippen LogP contribution in [0.5, 0.6) is 11.5 Å². The molecule has 0 spiro atoms. The average molecular weight is 415 g/mol. The Bertz CT molecular complexity index is 1100. The van der Waals surface area contributed by atoms with Crippen molar-refractivity contribution in [1.82, 2.24) is 0 Å². The van der Waals surface area contributed by atoms with E-state index in [4.69, 9.17) is 4.74 Å². The fourth-order valence-electron chi connectivity index (χ4n) is 3.98. The zero-order valence-corrected chi connectivity index (χ0v) is 18.0. The first kappa shape index (κ1) is 20.7. The molecule has 158 valence electrons. The highest BCUT2D eigenvalue weighted by molar-refractivity contribution is 6.04. The predicted molar refractivity (Wildman–Crippen MR) is 123 cm³/mol. The van der Waals surface area contributed by atoms with E-state index in [2.05, 4.69) is 5.32 Å². The summed E-state index contributed by atoms with van der Waals surface area (Å²) in [7, 11) is 0. The Morgan fingerprint density at radius 1 is 0.903 bits per heavy atom. The second-order valence-electron chi connectivity index (χ2n) is 8.03. The molecule has 1 aliphatic rings. The summed E-state index contributed by atoms with van der Waals surface area (Å²) >= 11 is 0. The molecule has 3 aromatic carbocycles. The minimum Gasteiger partial charge on any atom is -0.457 e. The molecular weight excluding hydrogens is 388 g/mol. The van der Waals surface area contributed by atoms with E-state index in [1.807, 2.05) is 87.5 Å². The number of ether oxygens (including phenoxy) is 1. The third-order valence-electron chi connectivity index (χ3n) is 5.65. The van der Waals surface area contributed by atoms with Gasteiger partial charge in [0.05, 0.1) is 5.92 Å². The summed E-state index contributed by atoms with van der Waals surface area (Å²) < 4.78 is 5.90. The van der Waals surface area contributed by atoms with Crippen molar-refractivity contribution < 1.29 is 14.3 Å². The summed E-state index contributed by atoms with van der Waals surface area (Å²) in [6, 6.07) is 21.0. The van der Waals surface area contributed by atoms with Gasteiger partial charge >= 0.3 is 0 Å². The minimum atomic E-state index is -0.380. The number of rotatable bonds is 5. The summed E-state index contributed by atoms with van der Waals surface area (Å²) in [5, 5.41) is 2.93. The maximum Gasteiger partial charge on any atom is 0.229 e. The molecule has 2 amide bonds. The van der Waals surface area contributed by atoms with Gasteiger partial charge in [-0.15, -0.1) is 0 Å². The van der Waals surface area contributed by atoms with Gasteiger partial charge in [-0.2, -0.15) is 0 Å². The number of aryl methyl sites for hydroxylation is 3. The molecule has 0 saturated carbocycles. The van der Waals surface area contributed by atoms with Gasteiger partial charge in [-0.05, 0) is 67.8 Å². The van der Waals surface area contributed by atoms with Gasteiger partial charge in [0.1, 0.15) is 11.5 Å². The topological polar surface area (TPSA) is 58.6 Å².